The Hall–Kier alpha value is -3.75. The van der Waals surface area contributed by atoms with Crippen molar-refractivity contribution in [2.24, 2.45) is 28.2 Å². The highest BCUT2D eigenvalue weighted by atomic mass is 16.2. The summed E-state index contributed by atoms with van der Waals surface area (Å²) in [5.41, 5.74) is -0.997. The van der Waals surface area contributed by atoms with Gasteiger partial charge in [-0.05, 0) is 5.56 Å². The van der Waals surface area contributed by atoms with Crippen LogP contribution in [0.2, 0.25) is 0 Å². The summed E-state index contributed by atoms with van der Waals surface area (Å²) in [6, 6.07) is 8.92. The average molecular weight is 379 g/mol. The number of fused-ring (bicyclic) bond motifs is 2. The lowest BCUT2D eigenvalue weighted by atomic mass is 9.99. The minimum Gasteiger partial charge on any atom is -0.280 e. The van der Waals surface area contributed by atoms with Gasteiger partial charge in [0.05, 0.1) is 10.8 Å². The fourth-order valence-corrected chi connectivity index (χ4v) is 3.49. The van der Waals surface area contributed by atoms with Gasteiger partial charge in [0, 0.05) is 33.8 Å². The summed E-state index contributed by atoms with van der Waals surface area (Å²) in [7, 11) is 5.75. The fourth-order valence-electron chi connectivity index (χ4n) is 3.49. The zero-order chi connectivity index (χ0) is 20.3. The van der Waals surface area contributed by atoms with Gasteiger partial charge < -0.3 is 0 Å². The molecule has 0 amide bonds. The van der Waals surface area contributed by atoms with Crippen molar-refractivity contribution < 1.29 is 0 Å². The Morgan fingerprint density at radius 1 is 0.643 bits per heavy atom. The monoisotopic (exact) mass is 379 g/mol. The molecule has 0 aliphatic heterocycles. The molecule has 3 aromatic heterocycles. The summed E-state index contributed by atoms with van der Waals surface area (Å²) < 4.78 is 4.44. The molecule has 0 atom stereocenters. The molecule has 0 saturated heterocycles. The Morgan fingerprint density at radius 2 is 1.07 bits per heavy atom. The van der Waals surface area contributed by atoms with Gasteiger partial charge in [-0.1, -0.05) is 30.3 Å². The highest BCUT2D eigenvalue weighted by Crippen LogP contribution is 2.30. The molecule has 0 radical (unpaired) electrons. The molecule has 0 unspecified atom stereocenters. The molecule has 28 heavy (non-hydrogen) atoms. The van der Waals surface area contributed by atoms with Crippen LogP contribution in [0.4, 0.5) is 0 Å². The first kappa shape index (κ1) is 17.7. The van der Waals surface area contributed by atoms with E-state index in [0.717, 1.165) is 9.13 Å². The molecule has 0 N–H and O–H groups in total. The Labute approximate surface area is 157 Å². The van der Waals surface area contributed by atoms with Gasteiger partial charge in [0.25, 0.3) is 11.1 Å². The summed E-state index contributed by atoms with van der Waals surface area (Å²) >= 11 is 0. The normalized spacial score (nSPS) is 11.4. The molecule has 4 aromatic rings. The third-order valence-electron chi connectivity index (χ3n) is 5.04. The van der Waals surface area contributed by atoms with Crippen molar-refractivity contribution in [1.29, 1.82) is 0 Å². The molecule has 3 heterocycles. The lowest BCUT2D eigenvalue weighted by molar-refractivity contribution is 0.697. The van der Waals surface area contributed by atoms with Crippen molar-refractivity contribution in [1.82, 2.24) is 23.3 Å². The maximum absolute atomic E-state index is 13.0. The van der Waals surface area contributed by atoms with Gasteiger partial charge in [0.1, 0.15) is 0 Å². The Kier molecular flexibility index (Phi) is 3.71. The summed E-state index contributed by atoms with van der Waals surface area (Å²) in [4.78, 5) is 55.3. The number of nitrogens with zero attached hydrogens (tertiary/aromatic N) is 5. The molecule has 0 saturated carbocycles. The van der Waals surface area contributed by atoms with Gasteiger partial charge in [-0.25, -0.2) is 14.6 Å². The van der Waals surface area contributed by atoms with Crippen molar-refractivity contribution in [3.63, 3.8) is 0 Å². The molecule has 9 nitrogen and oxygen atoms in total. The molecule has 0 aliphatic carbocycles. The van der Waals surface area contributed by atoms with Gasteiger partial charge in [-0.15, -0.1) is 0 Å². The van der Waals surface area contributed by atoms with Crippen molar-refractivity contribution >= 4 is 22.1 Å². The Bertz CT molecular complexity index is 1430. The smallest absolute Gasteiger partial charge is 0.280 e. The molecule has 4 rings (SSSR count). The Balaban J connectivity index is 2.51. The van der Waals surface area contributed by atoms with Crippen LogP contribution in [0.5, 0.6) is 0 Å². The van der Waals surface area contributed by atoms with Gasteiger partial charge in [0.15, 0.2) is 11.3 Å². The summed E-state index contributed by atoms with van der Waals surface area (Å²) in [6.07, 6.45) is 0. The first-order valence-electron chi connectivity index (χ1n) is 8.50. The van der Waals surface area contributed by atoms with E-state index in [1.54, 1.807) is 24.3 Å². The first-order chi connectivity index (χ1) is 13.3. The highest BCUT2D eigenvalue weighted by molar-refractivity contribution is 6.07. The van der Waals surface area contributed by atoms with Crippen molar-refractivity contribution in [3.05, 3.63) is 72.0 Å². The largest absolute Gasteiger partial charge is 0.332 e. The number of aromatic nitrogens is 5. The predicted octanol–water partition coefficient (Wildman–Crippen LogP) is -0.150. The van der Waals surface area contributed by atoms with Crippen molar-refractivity contribution in [3.8, 4) is 11.1 Å². The van der Waals surface area contributed by atoms with E-state index < -0.39 is 22.5 Å². The molecule has 0 fully saturated rings. The van der Waals surface area contributed by atoms with Crippen LogP contribution in [0.3, 0.4) is 0 Å². The average Bonchev–Trinajstić information content (AvgIpc) is 2.72. The quantitative estimate of drug-likeness (QED) is 0.428. The van der Waals surface area contributed by atoms with E-state index in [9.17, 15) is 19.2 Å². The SMILES string of the molecule is Cn1c(=O)c2c(-c3ccccc3)c3c(=O)n(C)c(=O)n(C)c3nc2n(C)c1=O. The van der Waals surface area contributed by atoms with Crippen LogP contribution in [-0.4, -0.2) is 23.3 Å². The molecule has 9 heteroatoms. The van der Waals surface area contributed by atoms with Crippen LogP contribution < -0.4 is 22.5 Å². The lowest BCUT2D eigenvalue weighted by Gasteiger charge is -2.15. The van der Waals surface area contributed by atoms with Crippen LogP contribution in [-0.2, 0) is 28.2 Å². The summed E-state index contributed by atoms with van der Waals surface area (Å²) in [5, 5.41) is 0.304. The zero-order valence-corrected chi connectivity index (χ0v) is 15.8. The minimum atomic E-state index is -0.553. The molecule has 142 valence electrons. The van der Waals surface area contributed by atoms with Crippen LogP contribution >= 0.6 is 0 Å². The van der Waals surface area contributed by atoms with E-state index in [2.05, 4.69) is 4.98 Å². The van der Waals surface area contributed by atoms with Crippen LogP contribution in [0.1, 0.15) is 0 Å². The third-order valence-corrected chi connectivity index (χ3v) is 5.04. The van der Waals surface area contributed by atoms with Gasteiger partial charge in [-0.3, -0.25) is 27.9 Å². The van der Waals surface area contributed by atoms with E-state index >= 15 is 0 Å². The number of aryl methyl sites for hydroxylation is 2. The van der Waals surface area contributed by atoms with Crippen LogP contribution in [0, 0.1) is 0 Å². The number of pyridine rings is 1. The molecule has 1 aromatic carbocycles. The molecule has 0 bridgehead atoms. The first-order valence-corrected chi connectivity index (χ1v) is 8.50. The number of hydrogen-bond donors (Lipinski definition) is 0. The highest BCUT2D eigenvalue weighted by Gasteiger charge is 2.23. The number of hydrogen-bond acceptors (Lipinski definition) is 5. The number of rotatable bonds is 1. The van der Waals surface area contributed by atoms with E-state index in [4.69, 9.17) is 0 Å². The van der Waals surface area contributed by atoms with E-state index in [0.29, 0.717) is 11.1 Å². The molecule has 0 spiro atoms. The second-order valence-corrected chi connectivity index (χ2v) is 6.66. The molecule has 0 aliphatic rings. The van der Waals surface area contributed by atoms with Crippen LogP contribution in [0.25, 0.3) is 33.2 Å². The standard InChI is InChI=1S/C19H17N5O4/c1-21-14-12(16(25)23(3)18(21)27)11(10-8-6-5-7-9-10)13-15(20-14)22(2)19(28)24(4)17(13)26/h5-9H,1-4H3. The lowest BCUT2D eigenvalue weighted by Crippen LogP contribution is -2.40. The van der Waals surface area contributed by atoms with E-state index in [1.807, 2.05) is 6.07 Å². The van der Waals surface area contributed by atoms with Gasteiger partial charge in [0.2, 0.25) is 0 Å². The minimum absolute atomic E-state index is 0.114. The topological polar surface area (TPSA) is 101 Å². The second-order valence-electron chi connectivity index (χ2n) is 6.66. The fraction of sp³-hybridized carbons (Fsp3) is 0.211. The van der Waals surface area contributed by atoms with E-state index in [-0.39, 0.29) is 22.1 Å². The maximum atomic E-state index is 13.0. The summed E-state index contributed by atoms with van der Waals surface area (Å²) in [6.45, 7) is 0. The third kappa shape index (κ3) is 2.16. The van der Waals surface area contributed by atoms with Crippen LogP contribution in [0.15, 0.2) is 49.5 Å². The molecular formula is C19H17N5O4. The second kappa shape index (κ2) is 5.88. The van der Waals surface area contributed by atoms with Crippen molar-refractivity contribution in [2.75, 3.05) is 0 Å². The Morgan fingerprint density at radius 3 is 1.50 bits per heavy atom. The van der Waals surface area contributed by atoms with E-state index in [1.165, 1.54) is 37.3 Å². The van der Waals surface area contributed by atoms with Crippen molar-refractivity contribution in [2.45, 2.75) is 0 Å². The number of benzene rings is 1. The zero-order valence-electron chi connectivity index (χ0n) is 15.8. The molecular weight excluding hydrogens is 362 g/mol. The van der Waals surface area contributed by atoms with Gasteiger partial charge >= 0.3 is 11.4 Å². The maximum Gasteiger partial charge on any atom is 0.332 e. The summed E-state index contributed by atoms with van der Waals surface area (Å²) in [5.74, 6) is 0. The van der Waals surface area contributed by atoms with Gasteiger partial charge in [-0.2, -0.15) is 0 Å². The predicted molar refractivity (Wildman–Crippen MR) is 106 cm³/mol.